The first-order chi connectivity index (χ1) is 8.99. The molecule has 1 aromatic carbocycles. The van der Waals surface area contributed by atoms with Gasteiger partial charge in [0.05, 0.1) is 10.6 Å². The van der Waals surface area contributed by atoms with Crippen molar-refractivity contribution in [3.8, 4) is 11.5 Å². The number of oxazole rings is 1. The van der Waals surface area contributed by atoms with Crippen LogP contribution in [0.3, 0.4) is 0 Å². The van der Waals surface area contributed by atoms with Gasteiger partial charge in [-0.05, 0) is 19.1 Å². The van der Waals surface area contributed by atoms with E-state index in [9.17, 15) is 4.79 Å². The summed E-state index contributed by atoms with van der Waals surface area (Å²) in [6, 6.07) is 7.02. The minimum absolute atomic E-state index is 0.0586. The number of hydrogen-bond donors (Lipinski definition) is 2. The van der Waals surface area contributed by atoms with Gasteiger partial charge in [0.25, 0.3) is 0 Å². The number of nitrogens with two attached hydrogens (primary N) is 2. The fourth-order valence-corrected chi connectivity index (χ4v) is 1.73. The number of guanidine groups is 1. The quantitative estimate of drug-likeness (QED) is 0.642. The van der Waals surface area contributed by atoms with Crippen LogP contribution in [-0.4, -0.2) is 16.9 Å². The molecule has 0 aliphatic heterocycles. The van der Waals surface area contributed by atoms with Crippen LogP contribution in [0.1, 0.15) is 16.2 Å². The average Bonchev–Trinajstić information content (AvgIpc) is 2.71. The molecule has 0 fully saturated rings. The lowest BCUT2D eigenvalue weighted by Crippen LogP contribution is -2.24. The number of nitrogens with zero attached hydrogens (tertiary/aromatic N) is 2. The van der Waals surface area contributed by atoms with Crippen LogP contribution in [0.4, 0.5) is 0 Å². The zero-order valence-electron chi connectivity index (χ0n) is 10.1. The van der Waals surface area contributed by atoms with Gasteiger partial charge in [0, 0.05) is 0 Å². The number of halogens is 1. The second kappa shape index (κ2) is 5.11. The Bertz CT molecular complexity index is 659. The Morgan fingerprint density at radius 1 is 1.37 bits per heavy atom. The highest BCUT2D eigenvalue weighted by Gasteiger charge is 2.18. The minimum atomic E-state index is -0.653. The number of benzene rings is 1. The van der Waals surface area contributed by atoms with Gasteiger partial charge in [0.1, 0.15) is 5.76 Å². The van der Waals surface area contributed by atoms with Gasteiger partial charge in [0.2, 0.25) is 5.89 Å². The summed E-state index contributed by atoms with van der Waals surface area (Å²) in [4.78, 5) is 19.2. The molecule has 98 valence electrons. The highest BCUT2D eigenvalue weighted by atomic mass is 35.5. The van der Waals surface area contributed by atoms with Crippen molar-refractivity contribution in [1.29, 1.82) is 0 Å². The van der Waals surface area contributed by atoms with E-state index in [0.29, 0.717) is 16.3 Å². The van der Waals surface area contributed by atoms with Crippen molar-refractivity contribution in [3.05, 3.63) is 40.7 Å². The van der Waals surface area contributed by atoms with Gasteiger partial charge in [0.15, 0.2) is 11.7 Å². The third-order valence-electron chi connectivity index (χ3n) is 2.33. The molecule has 2 rings (SSSR count). The van der Waals surface area contributed by atoms with Gasteiger partial charge >= 0.3 is 5.91 Å². The Hall–Kier alpha value is -2.34. The van der Waals surface area contributed by atoms with Gasteiger partial charge in [-0.1, -0.05) is 23.7 Å². The lowest BCUT2D eigenvalue weighted by molar-refractivity contribution is 0.0997. The SMILES string of the molecule is Cc1oc(-c2ccccc2Cl)nc1C(=O)N=C(N)N. The van der Waals surface area contributed by atoms with Crippen LogP contribution in [0.2, 0.25) is 5.02 Å². The normalized spacial score (nSPS) is 10.2. The Balaban J connectivity index is 2.45. The Labute approximate surface area is 114 Å². The molecule has 0 spiro atoms. The lowest BCUT2D eigenvalue weighted by Gasteiger charge is -1.97. The Kier molecular flexibility index (Phi) is 3.52. The standard InChI is InChI=1S/C12H11ClN4O2/c1-6-9(10(18)17-12(14)15)16-11(19-6)7-4-2-3-5-8(7)13/h2-5H,1H3,(H4,14,15,17,18). The summed E-state index contributed by atoms with van der Waals surface area (Å²) in [7, 11) is 0. The highest BCUT2D eigenvalue weighted by Crippen LogP contribution is 2.28. The first-order valence-electron chi connectivity index (χ1n) is 5.35. The molecule has 2 aromatic rings. The molecule has 1 aromatic heterocycles. The van der Waals surface area contributed by atoms with Crippen LogP contribution >= 0.6 is 11.6 Å². The number of hydrogen-bond acceptors (Lipinski definition) is 3. The van der Waals surface area contributed by atoms with Gasteiger partial charge < -0.3 is 15.9 Å². The largest absolute Gasteiger partial charge is 0.441 e. The first-order valence-corrected chi connectivity index (χ1v) is 5.73. The summed E-state index contributed by atoms with van der Waals surface area (Å²) in [5.74, 6) is -0.409. The maximum absolute atomic E-state index is 11.7. The highest BCUT2D eigenvalue weighted by molar-refractivity contribution is 6.33. The van der Waals surface area contributed by atoms with Gasteiger partial charge in [-0.15, -0.1) is 0 Å². The van der Waals surface area contributed by atoms with E-state index < -0.39 is 5.91 Å². The molecule has 0 aliphatic rings. The topological polar surface area (TPSA) is 108 Å². The van der Waals surface area contributed by atoms with E-state index in [4.69, 9.17) is 27.5 Å². The second-order valence-corrected chi connectivity index (χ2v) is 4.15. The number of aliphatic imine (C=N–C) groups is 1. The fourth-order valence-electron chi connectivity index (χ4n) is 1.51. The number of carbonyl (C=O) groups is 1. The molecule has 0 saturated carbocycles. The number of rotatable bonds is 2. The van der Waals surface area contributed by atoms with Crippen molar-refractivity contribution < 1.29 is 9.21 Å². The zero-order chi connectivity index (χ0) is 14.0. The molecule has 0 saturated heterocycles. The van der Waals surface area contributed by atoms with Crippen molar-refractivity contribution in [2.45, 2.75) is 6.92 Å². The predicted molar refractivity (Wildman–Crippen MR) is 71.8 cm³/mol. The zero-order valence-corrected chi connectivity index (χ0v) is 10.8. The van der Waals surface area contributed by atoms with Crippen molar-refractivity contribution in [2.75, 3.05) is 0 Å². The predicted octanol–water partition coefficient (Wildman–Crippen LogP) is 1.72. The molecule has 7 heteroatoms. The summed E-state index contributed by atoms with van der Waals surface area (Å²) in [5.41, 5.74) is 11.0. The van der Waals surface area contributed by atoms with Crippen LogP contribution in [0.15, 0.2) is 33.7 Å². The third-order valence-corrected chi connectivity index (χ3v) is 2.66. The summed E-state index contributed by atoms with van der Waals surface area (Å²) < 4.78 is 5.42. The Morgan fingerprint density at radius 2 is 2.05 bits per heavy atom. The smallest absolute Gasteiger partial charge is 0.302 e. The van der Waals surface area contributed by atoms with E-state index in [1.807, 2.05) is 0 Å². The van der Waals surface area contributed by atoms with Gasteiger partial charge in [-0.2, -0.15) is 4.99 Å². The molecule has 6 nitrogen and oxygen atoms in total. The van der Waals surface area contributed by atoms with E-state index in [1.165, 1.54) is 0 Å². The van der Waals surface area contributed by atoms with Gasteiger partial charge in [-0.25, -0.2) is 4.98 Å². The number of aryl methyl sites for hydroxylation is 1. The van der Waals surface area contributed by atoms with Crippen molar-refractivity contribution in [3.63, 3.8) is 0 Å². The molecule has 1 heterocycles. The Morgan fingerprint density at radius 3 is 2.68 bits per heavy atom. The maximum Gasteiger partial charge on any atom is 0.302 e. The monoisotopic (exact) mass is 278 g/mol. The number of aromatic nitrogens is 1. The molecule has 0 bridgehead atoms. The van der Waals surface area contributed by atoms with Crippen LogP contribution in [-0.2, 0) is 0 Å². The summed E-state index contributed by atoms with van der Waals surface area (Å²) in [6.07, 6.45) is 0. The molecule has 19 heavy (non-hydrogen) atoms. The minimum Gasteiger partial charge on any atom is -0.441 e. The van der Waals surface area contributed by atoms with Crippen LogP contribution < -0.4 is 11.5 Å². The molecule has 0 unspecified atom stereocenters. The molecule has 0 atom stereocenters. The van der Waals surface area contributed by atoms with E-state index >= 15 is 0 Å². The van der Waals surface area contributed by atoms with Crippen LogP contribution in [0, 0.1) is 6.92 Å². The van der Waals surface area contributed by atoms with Crippen LogP contribution in [0.25, 0.3) is 11.5 Å². The maximum atomic E-state index is 11.7. The van der Waals surface area contributed by atoms with Crippen molar-refractivity contribution in [1.82, 2.24) is 4.98 Å². The summed E-state index contributed by atoms with van der Waals surface area (Å²) >= 11 is 6.03. The summed E-state index contributed by atoms with van der Waals surface area (Å²) in [5, 5.41) is 0.476. The molecule has 0 radical (unpaired) electrons. The van der Waals surface area contributed by atoms with Crippen molar-refractivity contribution in [2.24, 2.45) is 16.5 Å². The summed E-state index contributed by atoms with van der Waals surface area (Å²) in [6.45, 7) is 1.60. The van der Waals surface area contributed by atoms with Crippen LogP contribution in [0.5, 0.6) is 0 Å². The molecular formula is C12H11ClN4O2. The van der Waals surface area contributed by atoms with Crippen molar-refractivity contribution >= 4 is 23.5 Å². The van der Waals surface area contributed by atoms with E-state index in [1.54, 1.807) is 31.2 Å². The molecule has 1 amide bonds. The molecular weight excluding hydrogens is 268 g/mol. The average molecular weight is 279 g/mol. The van der Waals surface area contributed by atoms with E-state index in [2.05, 4.69) is 9.98 Å². The molecule has 4 N–H and O–H groups in total. The third kappa shape index (κ3) is 2.74. The first kappa shape index (κ1) is 13.1. The second-order valence-electron chi connectivity index (χ2n) is 3.75. The fraction of sp³-hybridized carbons (Fsp3) is 0.0833. The van der Waals surface area contributed by atoms with E-state index in [0.717, 1.165) is 0 Å². The number of carbonyl (C=O) groups excluding carboxylic acids is 1. The van der Waals surface area contributed by atoms with Gasteiger partial charge in [-0.3, -0.25) is 4.79 Å². The van der Waals surface area contributed by atoms with E-state index in [-0.39, 0.29) is 17.5 Å². The lowest BCUT2D eigenvalue weighted by atomic mass is 10.2. The number of amides is 1. The molecule has 0 aliphatic carbocycles.